The predicted molar refractivity (Wildman–Crippen MR) is 67.8 cm³/mol. The number of anilines is 1. The molecule has 0 radical (unpaired) electrons. The van der Waals surface area contributed by atoms with Crippen LogP contribution in [0.5, 0.6) is 0 Å². The molecule has 2 atom stereocenters. The molecule has 1 aliphatic heterocycles. The lowest BCUT2D eigenvalue weighted by Gasteiger charge is -2.13. The maximum absolute atomic E-state index is 4.47. The van der Waals surface area contributed by atoms with E-state index in [1.807, 2.05) is 6.20 Å². The quantitative estimate of drug-likeness (QED) is 0.816. The van der Waals surface area contributed by atoms with Crippen LogP contribution in [0.25, 0.3) is 0 Å². The topological polar surface area (TPSA) is 37.0 Å². The van der Waals surface area contributed by atoms with Crippen molar-refractivity contribution in [2.75, 3.05) is 18.4 Å². The number of hydrogen-bond donors (Lipinski definition) is 2. The van der Waals surface area contributed by atoms with Crippen molar-refractivity contribution in [3.05, 3.63) is 23.9 Å². The van der Waals surface area contributed by atoms with E-state index in [2.05, 4.69) is 41.6 Å². The van der Waals surface area contributed by atoms with Crippen LogP contribution in [0.2, 0.25) is 0 Å². The minimum absolute atomic E-state index is 0.543. The third kappa shape index (κ3) is 2.73. The van der Waals surface area contributed by atoms with Gasteiger partial charge >= 0.3 is 0 Å². The Balaban J connectivity index is 1.96. The van der Waals surface area contributed by atoms with Gasteiger partial charge in [-0.3, -0.25) is 0 Å². The summed E-state index contributed by atoms with van der Waals surface area (Å²) in [5, 5.41) is 6.79. The van der Waals surface area contributed by atoms with Gasteiger partial charge in [0.25, 0.3) is 0 Å². The Labute approximate surface area is 97.7 Å². The first kappa shape index (κ1) is 11.4. The summed E-state index contributed by atoms with van der Waals surface area (Å²) in [7, 11) is 0. The van der Waals surface area contributed by atoms with Gasteiger partial charge < -0.3 is 10.6 Å². The third-order valence-electron chi connectivity index (χ3n) is 3.38. The van der Waals surface area contributed by atoms with Crippen LogP contribution in [0.1, 0.15) is 38.2 Å². The monoisotopic (exact) mass is 219 g/mol. The Morgan fingerprint density at radius 2 is 2.44 bits per heavy atom. The summed E-state index contributed by atoms with van der Waals surface area (Å²) in [4.78, 5) is 4.47. The summed E-state index contributed by atoms with van der Waals surface area (Å²) in [6.45, 7) is 6.61. The van der Waals surface area contributed by atoms with Gasteiger partial charge in [-0.25, -0.2) is 4.98 Å². The van der Waals surface area contributed by atoms with Crippen molar-refractivity contribution in [3.63, 3.8) is 0 Å². The zero-order chi connectivity index (χ0) is 11.4. The fourth-order valence-corrected chi connectivity index (χ4v) is 2.00. The second kappa shape index (κ2) is 5.30. The normalized spacial score (nSPS) is 22.0. The molecule has 0 bridgehead atoms. The predicted octanol–water partition coefficient (Wildman–Crippen LogP) is 2.37. The Bertz CT molecular complexity index is 314. The van der Waals surface area contributed by atoms with E-state index in [9.17, 15) is 0 Å². The Kier molecular flexibility index (Phi) is 3.78. The second-order valence-corrected chi connectivity index (χ2v) is 4.62. The zero-order valence-electron chi connectivity index (χ0n) is 10.2. The molecule has 0 aliphatic carbocycles. The molecule has 2 heterocycles. The molecule has 1 saturated heterocycles. The van der Waals surface area contributed by atoms with E-state index in [4.69, 9.17) is 0 Å². The van der Waals surface area contributed by atoms with Gasteiger partial charge in [0, 0.05) is 18.8 Å². The number of nitrogens with one attached hydrogen (secondary N) is 2. The van der Waals surface area contributed by atoms with Gasteiger partial charge in [-0.05, 0) is 36.9 Å². The van der Waals surface area contributed by atoms with Gasteiger partial charge in [-0.1, -0.05) is 19.9 Å². The Morgan fingerprint density at radius 3 is 3.00 bits per heavy atom. The van der Waals surface area contributed by atoms with Crippen molar-refractivity contribution < 1.29 is 0 Å². The molecule has 88 valence electrons. The van der Waals surface area contributed by atoms with Crippen molar-refractivity contribution in [2.24, 2.45) is 0 Å². The minimum atomic E-state index is 0.543. The molecule has 2 N–H and O–H groups in total. The molecule has 1 aliphatic rings. The van der Waals surface area contributed by atoms with Gasteiger partial charge in [0.05, 0.1) is 0 Å². The molecule has 0 spiro atoms. The van der Waals surface area contributed by atoms with Gasteiger partial charge in [0.15, 0.2) is 0 Å². The van der Waals surface area contributed by atoms with E-state index in [0.29, 0.717) is 12.0 Å². The van der Waals surface area contributed by atoms with Gasteiger partial charge in [-0.2, -0.15) is 0 Å². The molecule has 0 amide bonds. The van der Waals surface area contributed by atoms with Crippen LogP contribution in [0.4, 0.5) is 5.82 Å². The third-order valence-corrected chi connectivity index (χ3v) is 3.38. The van der Waals surface area contributed by atoms with Crippen LogP contribution in [-0.4, -0.2) is 24.1 Å². The Hall–Kier alpha value is -1.09. The highest BCUT2D eigenvalue weighted by Crippen LogP contribution is 2.19. The number of hydrogen-bond acceptors (Lipinski definition) is 3. The van der Waals surface area contributed by atoms with Gasteiger partial charge in [0.2, 0.25) is 0 Å². The van der Waals surface area contributed by atoms with E-state index >= 15 is 0 Å². The van der Waals surface area contributed by atoms with Crippen molar-refractivity contribution in [2.45, 2.75) is 38.6 Å². The molecular formula is C13H21N3. The summed E-state index contributed by atoms with van der Waals surface area (Å²) in [5.74, 6) is 1.61. The first-order chi connectivity index (χ1) is 7.79. The first-order valence-electron chi connectivity index (χ1n) is 6.22. The summed E-state index contributed by atoms with van der Waals surface area (Å²) < 4.78 is 0. The van der Waals surface area contributed by atoms with Crippen LogP contribution in [0.15, 0.2) is 18.3 Å². The van der Waals surface area contributed by atoms with Crippen LogP contribution < -0.4 is 10.6 Å². The first-order valence-corrected chi connectivity index (χ1v) is 6.22. The molecule has 1 unspecified atom stereocenters. The average molecular weight is 219 g/mol. The molecule has 3 nitrogen and oxygen atoms in total. The smallest absolute Gasteiger partial charge is 0.126 e. The molecule has 1 aromatic rings. The lowest BCUT2D eigenvalue weighted by molar-refractivity contribution is 0.728. The number of nitrogens with zero attached hydrogens (tertiary/aromatic N) is 1. The molecule has 2 rings (SSSR count). The second-order valence-electron chi connectivity index (χ2n) is 4.62. The SMILES string of the molecule is CCC(C)c1ccc(N[C@H]2CCNC2)nc1. The minimum Gasteiger partial charge on any atom is -0.366 e. The fraction of sp³-hybridized carbons (Fsp3) is 0.615. The van der Waals surface area contributed by atoms with Gasteiger partial charge in [-0.15, -0.1) is 0 Å². The van der Waals surface area contributed by atoms with Crippen LogP contribution in [-0.2, 0) is 0 Å². The molecule has 16 heavy (non-hydrogen) atoms. The number of aromatic nitrogens is 1. The van der Waals surface area contributed by atoms with E-state index in [-0.39, 0.29) is 0 Å². The van der Waals surface area contributed by atoms with Crippen LogP contribution >= 0.6 is 0 Å². The summed E-state index contributed by atoms with van der Waals surface area (Å²) in [6.07, 6.45) is 4.36. The Morgan fingerprint density at radius 1 is 1.56 bits per heavy atom. The average Bonchev–Trinajstić information content (AvgIpc) is 2.82. The van der Waals surface area contributed by atoms with E-state index in [1.165, 1.54) is 18.4 Å². The highest BCUT2D eigenvalue weighted by Gasteiger charge is 2.14. The maximum Gasteiger partial charge on any atom is 0.126 e. The van der Waals surface area contributed by atoms with Crippen molar-refractivity contribution >= 4 is 5.82 Å². The highest BCUT2D eigenvalue weighted by atomic mass is 15.1. The zero-order valence-corrected chi connectivity index (χ0v) is 10.2. The molecular weight excluding hydrogens is 198 g/mol. The van der Waals surface area contributed by atoms with Crippen LogP contribution in [0.3, 0.4) is 0 Å². The number of rotatable bonds is 4. The van der Waals surface area contributed by atoms with Crippen molar-refractivity contribution in [3.8, 4) is 0 Å². The summed E-state index contributed by atoms with van der Waals surface area (Å²) in [6, 6.07) is 4.83. The van der Waals surface area contributed by atoms with Crippen LogP contribution in [0, 0.1) is 0 Å². The lowest BCUT2D eigenvalue weighted by Crippen LogP contribution is -2.22. The molecule has 1 aromatic heterocycles. The standard InChI is InChI=1S/C13H21N3/c1-3-10(2)11-4-5-13(15-8-11)16-12-6-7-14-9-12/h4-5,8,10,12,14H,3,6-7,9H2,1-2H3,(H,15,16)/t10?,12-/m0/s1. The molecule has 1 fully saturated rings. The van der Waals surface area contributed by atoms with Crippen molar-refractivity contribution in [1.29, 1.82) is 0 Å². The maximum atomic E-state index is 4.47. The molecule has 0 saturated carbocycles. The number of pyridine rings is 1. The molecule has 0 aromatic carbocycles. The van der Waals surface area contributed by atoms with E-state index in [1.54, 1.807) is 0 Å². The van der Waals surface area contributed by atoms with Crippen molar-refractivity contribution in [1.82, 2.24) is 10.3 Å². The summed E-state index contributed by atoms with van der Waals surface area (Å²) >= 11 is 0. The lowest BCUT2D eigenvalue weighted by atomic mass is 10.0. The fourth-order valence-electron chi connectivity index (χ4n) is 2.00. The van der Waals surface area contributed by atoms with E-state index < -0.39 is 0 Å². The largest absolute Gasteiger partial charge is 0.366 e. The van der Waals surface area contributed by atoms with Gasteiger partial charge in [0.1, 0.15) is 5.82 Å². The van der Waals surface area contributed by atoms with E-state index in [0.717, 1.165) is 18.9 Å². The molecule has 3 heteroatoms. The summed E-state index contributed by atoms with van der Waals surface area (Å²) in [5.41, 5.74) is 1.33. The highest BCUT2D eigenvalue weighted by molar-refractivity contribution is 5.37.